The molecule has 4 N–H and O–H groups in total. The minimum absolute atomic E-state index is 0.00479. The van der Waals surface area contributed by atoms with E-state index in [1.54, 1.807) is 17.3 Å². The first-order valence-corrected chi connectivity index (χ1v) is 13.6. The molecule has 3 aliphatic rings. The molecule has 0 saturated heterocycles. The number of ether oxygens (including phenoxy) is 2. The van der Waals surface area contributed by atoms with Gasteiger partial charge in [-0.2, -0.15) is 5.10 Å². The van der Waals surface area contributed by atoms with Crippen LogP contribution in [-0.4, -0.2) is 52.1 Å². The largest absolute Gasteiger partial charge is 0.512 e. The van der Waals surface area contributed by atoms with Gasteiger partial charge in [0.05, 0.1) is 12.2 Å². The second-order valence-corrected chi connectivity index (χ2v) is 10.4. The fourth-order valence-corrected chi connectivity index (χ4v) is 5.79. The van der Waals surface area contributed by atoms with Crippen molar-refractivity contribution in [3.05, 3.63) is 46.4 Å². The number of allylic oxidation sites excluding steroid dienone is 1. The molecular weight excluding hydrogens is 484 g/mol. The van der Waals surface area contributed by atoms with E-state index >= 15 is 0 Å². The summed E-state index contributed by atoms with van der Waals surface area (Å²) in [4.78, 5) is 17.5. The molecule has 206 valence electrons. The molecule has 9 nitrogen and oxygen atoms in total. The number of hydrogen-bond donors (Lipinski definition) is 3. The number of aliphatic hydroxyl groups excluding tert-OH is 1. The van der Waals surface area contributed by atoms with Gasteiger partial charge in [0, 0.05) is 31.3 Å². The smallest absolute Gasteiger partial charge is 0.338 e. The molecule has 0 amide bonds. The number of benzene rings is 1. The number of nitrogens with two attached hydrogens (primary N) is 1. The first-order valence-electron chi connectivity index (χ1n) is 13.6. The van der Waals surface area contributed by atoms with Crippen molar-refractivity contribution in [1.29, 1.82) is 0 Å². The molecule has 38 heavy (non-hydrogen) atoms. The number of aryl methyl sites for hydroxylation is 2. The van der Waals surface area contributed by atoms with E-state index in [-0.39, 0.29) is 41.7 Å². The molecular formula is C29H40N4O5. The molecule has 1 fully saturated rings. The number of esters is 1. The minimum Gasteiger partial charge on any atom is -0.512 e. The van der Waals surface area contributed by atoms with Crippen LogP contribution in [0.2, 0.25) is 0 Å². The standard InChI is InChI=1S/C29H40N4O5/c1-4-20-12-21(26(37-5-2)14-24(20)34)10-11-29(22-8-6-7-9-22)15-25(35)23(28(36)38-29)13-27(30)32-33-17-19(3)16-31-18-33/h12,14,16-17,22,34-35H,4-11,13,15,18H2,1-3H3,(H2,30,32). The van der Waals surface area contributed by atoms with Gasteiger partial charge in [0.1, 0.15) is 35.4 Å². The molecule has 4 rings (SSSR count). The number of aliphatic hydroxyl groups is 1. The number of carbonyl (C=O) groups is 1. The number of carbonyl (C=O) groups excluding carboxylic acids is 1. The molecule has 0 bridgehead atoms. The zero-order chi connectivity index (χ0) is 27.3. The molecule has 2 aliphatic heterocycles. The predicted octanol–water partition coefficient (Wildman–Crippen LogP) is 4.88. The first kappa shape index (κ1) is 27.5. The van der Waals surface area contributed by atoms with Gasteiger partial charge in [-0.05, 0) is 74.6 Å². The Morgan fingerprint density at radius 2 is 2.03 bits per heavy atom. The lowest BCUT2D eigenvalue weighted by molar-refractivity contribution is -0.167. The second kappa shape index (κ2) is 11.9. The van der Waals surface area contributed by atoms with Crippen LogP contribution in [0.25, 0.3) is 0 Å². The van der Waals surface area contributed by atoms with Crippen molar-refractivity contribution in [2.75, 3.05) is 13.3 Å². The fourth-order valence-electron chi connectivity index (χ4n) is 5.79. The van der Waals surface area contributed by atoms with Gasteiger partial charge in [0.2, 0.25) is 0 Å². The average molecular weight is 525 g/mol. The maximum atomic E-state index is 13.3. The number of cyclic esters (lactones) is 1. The van der Waals surface area contributed by atoms with Crippen molar-refractivity contribution in [3.63, 3.8) is 0 Å². The first-order chi connectivity index (χ1) is 18.2. The summed E-state index contributed by atoms with van der Waals surface area (Å²) in [6.07, 6.45) is 9.75. The summed E-state index contributed by atoms with van der Waals surface area (Å²) >= 11 is 0. The zero-order valence-electron chi connectivity index (χ0n) is 22.7. The quantitative estimate of drug-likeness (QED) is 0.226. The molecule has 2 heterocycles. The maximum Gasteiger partial charge on any atom is 0.338 e. The van der Waals surface area contributed by atoms with Crippen LogP contribution in [0.3, 0.4) is 0 Å². The molecule has 9 heteroatoms. The number of rotatable bonds is 10. The van der Waals surface area contributed by atoms with E-state index in [0.717, 1.165) is 42.4 Å². The molecule has 0 aromatic heterocycles. The zero-order valence-corrected chi connectivity index (χ0v) is 22.7. The fraction of sp³-hybridized carbons (Fsp3) is 0.552. The normalized spacial score (nSPS) is 22.6. The number of amidine groups is 1. The Balaban J connectivity index is 1.57. The molecule has 1 saturated carbocycles. The van der Waals surface area contributed by atoms with Crippen molar-refractivity contribution in [1.82, 2.24) is 5.01 Å². The summed E-state index contributed by atoms with van der Waals surface area (Å²) in [5, 5.41) is 27.4. The Kier molecular flexibility index (Phi) is 8.64. The van der Waals surface area contributed by atoms with Crippen LogP contribution in [0.1, 0.15) is 76.8 Å². The molecule has 1 unspecified atom stereocenters. The van der Waals surface area contributed by atoms with Gasteiger partial charge in [0.15, 0.2) is 0 Å². The highest BCUT2D eigenvalue weighted by atomic mass is 16.6. The highest BCUT2D eigenvalue weighted by Crippen LogP contribution is 2.46. The third kappa shape index (κ3) is 6.14. The highest BCUT2D eigenvalue weighted by Gasteiger charge is 2.48. The lowest BCUT2D eigenvalue weighted by Gasteiger charge is -2.42. The summed E-state index contributed by atoms with van der Waals surface area (Å²) < 4.78 is 12.1. The Bertz CT molecular complexity index is 1170. The average Bonchev–Trinajstić information content (AvgIpc) is 3.42. The number of aromatic hydroxyl groups is 1. The summed E-state index contributed by atoms with van der Waals surface area (Å²) in [7, 11) is 0. The molecule has 1 aromatic carbocycles. The Labute approximate surface area is 224 Å². The summed E-state index contributed by atoms with van der Waals surface area (Å²) in [5.41, 5.74) is 8.27. The molecule has 0 radical (unpaired) electrons. The predicted molar refractivity (Wildman–Crippen MR) is 147 cm³/mol. The Hall–Kier alpha value is -3.49. The number of phenolic OH excluding ortho intramolecular Hbond substituents is 1. The van der Waals surface area contributed by atoms with Crippen LogP contribution in [0.4, 0.5) is 0 Å². The lowest BCUT2D eigenvalue weighted by Crippen LogP contribution is -2.46. The Morgan fingerprint density at radius 3 is 2.68 bits per heavy atom. The number of hydrogen-bond acceptors (Lipinski definition) is 8. The van der Waals surface area contributed by atoms with E-state index in [1.807, 2.05) is 33.0 Å². The number of aliphatic imine (C=N–C) groups is 1. The Morgan fingerprint density at radius 1 is 1.26 bits per heavy atom. The molecule has 1 atom stereocenters. The van der Waals surface area contributed by atoms with E-state index in [0.29, 0.717) is 38.3 Å². The highest BCUT2D eigenvalue weighted by molar-refractivity contribution is 5.97. The van der Waals surface area contributed by atoms with Crippen molar-refractivity contribution < 1.29 is 24.5 Å². The number of hydrazone groups is 1. The molecule has 0 spiro atoms. The van der Waals surface area contributed by atoms with Crippen molar-refractivity contribution >= 4 is 18.0 Å². The van der Waals surface area contributed by atoms with Gasteiger partial charge in [-0.3, -0.25) is 4.99 Å². The lowest BCUT2D eigenvalue weighted by atomic mass is 9.76. The van der Waals surface area contributed by atoms with Gasteiger partial charge < -0.3 is 25.4 Å². The monoisotopic (exact) mass is 524 g/mol. The van der Waals surface area contributed by atoms with Gasteiger partial charge in [-0.1, -0.05) is 19.8 Å². The summed E-state index contributed by atoms with van der Waals surface area (Å²) in [5.74, 6) is 0.726. The van der Waals surface area contributed by atoms with Gasteiger partial charge in [0.25, 0.3) is 0 Å². The summed E-state index contributed by atoms with van der Waals surface area (Å²) in [6, 6.07) is 3.65. The van der Waals surface area contributed by atoms with E-state index in [2.05, 4.69) is 10.1 Å². The van der Waals surface area contributed by atoms with E-state index in [9.17, 15) is 15.0 Å². The third-order valence-corrected chi connectivity index (χ3v) is 7.71. The van der Waals surface area contributed by atoms with Crippen LogP contribution in [0, 0.1) is 5.92 Å². The van der Waals surface area contributed by atoms with Crippen LogP contribution < -0.4 is 10.5 Å². The minimum atomic E-state index is -0.803. The van der Waals surface area contributed by atoms with Crippen LogP contribution >= 0.6 is 0 Å². The maximum absolute atomic E-state index is 13.3. The third-order valence-electron chi connectivity index (χ3n) is 7.71. The van der Waals surface area contributed by atoms with Gasteiger partial charge in [-0.15, -0.1) is 0 Å². The van der Waals surface area contributed by atoms with Crippen molar-refractivity contribution in [2.24, 2.45) is 21.7 Å². The van der Waals surface area contributed by atoms with E-state index in [4.69, 9.17) is 15.2 Å². The molecule has 1 aromatic rings. The van der Waals surface area contributed by atoms with Crippen LogP contribution in [-0.2, 0) is 22.4 Å². The van der Waals surface area contributed by atoms with E-state index in [1.165, 1.54) is 0 Å². The van der Waals surface area contributed by atoms with Crippen LogP contribution in [0.5, 0.6) is 11.5 Å². The van der Waals surface area contributed by atoms with Crippen molar-refractivity contribution in [3.8, 4) is 11.5 Å². The second-order valence-electron chi connectivity index (χ2n) is 10.4. The van der Waals surface area contributed by atoms with Gasteiger partial charge in [-0.25, -0.2) is 9.80 Å². The van der Waals surface area contributed by atoms with Gasteiger partial charge >= 0.3 is 5.97 Å². The van der Waals surface area contributed by atoms with Crippen molar-refractivity contribution in [2.45, 2.75) is 84.2 Å². The van der Waals surface area contributed by atoms with E-state index < -0.39 is 11.6 Å². The summed E-state index contributed by atoms with van der Waals surface area (Å²) in [6.45, 7) is 6.65. The SMILES string of the molecule is CCOc1cc(O)c(CC)cc1CCC1(C2CCCC2)CC(O)=C(C/C(N)=N/N2C=C(C)C=NC2)C(=O)O1. The topological polar surface area (TPSA) is 130 Å². The number of nitrogens with zero attached hydrogens (tertiary/aromatic N) is 3. The molecule has 1 aliphatic carbocycles. The number of phenols is 1. The van der Waals surface area contributed by atoms with Crippen LogP contribution in [0.15, 0.2) is 45.3 Å².